The molecule has 0 bridgehead atoms. The van der Waals surface area contributed by atoms with Crippen LogP contribution in [0.2, 0.25) is 5.28 Å². The minimum absolute atomic E-state index is 0.0927. The quantitative estimate of drug-likeness (QED) is 0.677. The van der Waals surface area contributed by atoms with Crippen molar-refractivity contribution in [3.63, 3.8) is 0 Å². The maximum absolute atomic E-state index is 10.4. The maximum atomic E-state index is 10.4. The molecule has 1 heterocycles. The molecule has 0 saturated carbocycles. The molecule has 0 aliphatic carbocycles. The van der Waals surface area contributed by atoms with Gasteiger partial charge in [-0.25, -0.2) is 9.97 Å². The Morgan fingerprint density at radius 3 is 3.00 bits per heavy atom. The zero-order valence-electron chi connectivity index (χ0n) is 6.64. The smallest absolute Gasteiger partial charge is 0.320 e. The Bertz CT molecular complexity index is 318. The molecule has 1 atom stereocenters. The van der Waals surface area contributed by atoms with Gasteiger partial charge in [0, 0.05) is 18.3 Å². The lowest BCUT2D eigenvalue weighted by Crippen LogP contribution is -2.32. The summed E-state index contributed by atoms with van der Waals surface area (Å²) >= 11 is 5.50. The second kappa shape index (κ2) is 4.15. The van der Waals surface area contributed by atoms with Gasteiger partial charge in [-0.1, -0.05) is 0 Å². The van der Waals surface area contributed by atoms with Crippen molar-refractivity contribution in [3.8, 4) is 0 Å². The van der Waals surface area contributed by atoms with E-state index >= 15 is 0 Å². The molecule has 0 aromatic carbocycles. The van der Waals surface area contributed by atoms with Gasteiger partial charge in [0.1, 0.15) is 6.04 Å². The molecule has 0 amide bonds. The van der Waals surface area contributed by atoms with Crippen LogP contribution in [0.4, 0.5) is 0 Å². The van der Waals surface area contributed by atoms with Crippen LogP contribution in [-0.2, 0) is 11.2 Å². The molecule has 1 aromatic rings. The number of carboxylic acid groups (broad SMARTS) is 1. The van der Waals surface area contributed by atoms with Crippen molar-refractivity contribution in [3.05, 3.63) is 23.2 Å². The molecule has 0 radical (unpaired) electrons. The summed E-state index contributed by atoms with van der Waals surface area (Å²) in [5, 5.41) is 8.60. The Hall–Kier alpha value is -1.20. The number of nitrogens with zero attached hydrogens (tertiary/aromatic N) is 2. The normalized spacial score (nSPS) is 12.5. The first-order valence-electron chi connectivity index (χ1n) is 3.55. The molecule has 0 spiro atoms. The van der Waals surface area contributed by atoms with Crippen LogP contribution in [0.25, 0.3) is 0 Å². The summed E-state index contributed by atoms with van der Waals surface area (Å²) in [6.45, 7) is 0. The van der Waals surface area contributed by atoms with Gasteiger partial charge in [0.2, 0.25) is 5.28 Å². The fraction of sp³-hybridized carbons (Fsp3) is 0.286. The van der Waals surface area contributed by atoms with Crippen molar-refractivity contribution in [2.75, 3.05) is 0 Å². The molecule has 0 aliphatic heterocycles. The number of carbonyl (C=O) groups is 1. The van der Waals surface area contributed by atoms with Crippen LogP contribution in [0.5, 0.6) is 0 Å². The zero-order valence-corrected chi connectivity index (χ0v) is 7.40. The Morgan fingerprint density at radius 2 is 2.46 bits per heavy atom. The molecule has 1 aromatic heterocycles. The lowest BCUT2D eigenvalue weighted by molar-refractivity contribution is -0.138. The van der Waals surface area contributed by atoms with Crippen molar-refractivity contribution in [1.82, 2.24) is 9.97 Å². The third kappa shape index (κ3) is 2.96. The topological polar surface area (TPSA) is 89.1 Å². The molecule has 1 unspecified atom stereocenters. The molecule has 5 nitrogen and oxygen atoms in total. The van der Waals surface area contributed by atoms with E-state index in [4.69, 9.17) is 22.4 Å². The molecular formula is C7H8ClN3O2. The number of nitrogens with two attached hydrogens (primary N) is 1. The predicted molar refractivity (Wildman–Crippen MR) is 46.4 cm³/mol. The summed E-state index contributed by atoms with van der Waals surface area (Å²) in [5.74, 6) is -1.06. The first kappa shape index (κ1) is 9.88. The highest BCUT2D eigenvalue weighted by Crippen LogP contribution is 2.02. The van der Waals surface area contributed by atoms with Crippen LogP contribution < -0.4 is 5.73 Å². The Kier molecular flexibility index (Phi) is 3.16. The fourth-order valence-electron chi connectivity index (χ4n) is 0.796. The lowest BCUT2D eigenvalue weighted by atomic mass is 10.2. The highest BCUT2D eigenvalue weighted by atomic mass is 35.5. The van der Waals surface area contributed by atoms with Crippen LogP contribution in [0.1, 0.15) is 5.69 Å². The number of hydrogen-bond donors (Lipinski definition) is 2. The molecular weight excluding hydrogens is 194 g/mol. The van der Waals surface area contributed by atoms with Gasteiger partial charge in [0.15, 0.2) is 0 Å². The largest absolute Gasteiger partial charge is 0.480 e. The van der Waals surface area contributed by atoms with Gasteiger partial charge in [-0.15, -0.1) is 0 Å². The molecule has 6 heteroatoms. The summed E-state index contributed by atoms with van der Waals surface area (Å²) < 4.78 is 0. The number of halogens is 1. The van der Waals surface area contributed by atoms with Crippen molar-refractivity contribution < 1.29 is 9.90 Å². The first-order chi connectivity index (χ1) is 6.09. The summed E-state index contributed by atoms with van der Waals surface area (Å²) in [7, 11) is 0. The Labute approximate surface area is 79.6 Å². The van der Waals surface area contributed by atoms with Crippen LogP contribution in [-0.4, -0.2) is 27.1 Å². The van der Waals surface area contributed by atoms with Crippen LogP contribution in [0.15, 0.2) is 12.3 Å². The van der Waals surface area contributed by atoms with Crippen LogP contribution >= 0.6 is 11.6 Å². The number of aromatic nitrogens is 2. The highest BCUT2D eigenvalue weighted by molar-refractivity contribution is 6.28. The molecule has 70 valence electrons. The summed E-state index contributed by atoms with van der Waals surface area (Å²) in [5.41, 5.74) is 5.82. The van der Waals surface area contributed by atoms with E-state index in [1.807, 2.05) is 0 Å². The zero-order chi connectivity index (χ0) is 9.84. The number of hydrogen-bond acceptors (Lipinski definition) is 4. The fourth-order valence-corrected chi connectivity index (χ4v) is 0.961. The second-order valence-corrected chi connectivity index (χ2v) is 2.80. The van der Waals surface area contributed by atoms with Crippen molar-refractivity contribution in [2.24, 2.45) is 5.73 Å². The predicted octanol–water partition coefficient (Wildman–Crippen LogP) is 0.0844. The minimum atomic E-state index is -1.06. The van der Waals surface area contributed by atoms with Gasteiger partial charge >= 0.3 is 5.97 Å². The number of aliphatic carboxylic acids is 1. The third-order valence-electron chi connectivity index (χ3n) is 1.43. The second-order valence-electron chi connectivity index (χ2n) is 2.47. The first-order valence-corrected chi connectivity index (χ1v) is 3.93. The summed E-state index contributed by atoms with van der Waals surface area (Å²) in [6.07, 6.45) is 1.61. The average Bonchev–Trinajstić information content (AvgIpc) is 2.04. The van der Waals surface area contributed by atoms with Crippen LogP contribution in [0, 0.1) is 0 Å². The Balaban J connectivity index is 2.69. The molecule has 1 rings (SSSR count). The van der Waals surface area contributed by atoms with E-state index in [0.29, 0.717) is 5.69 Å². The molecule has 0 fully saturated rings. The van der Waals surface area contributed by atoms with Gasteiger partial charge in [-0.2, -0.15) is 0 Å². The van der Waals surface area contributed by atoms with E-state index < -0.39 is 12.0 Å². The number of carboxylic acids is 1. The SMILES string of the molecule is NC(Cc1ccnc(Cl)n1)C(=O)O. The van der Waals surface area contributed by atoms with Crippen molar-refractivity contribution in [2.45, 2.75) is 12.5 Å². The summed E-state index contributed by atoms with van der Waals surface area (Å²) in [4.78, 5) is 17.9. The highest BCUT2D eigenvalue weighted by Gasteiger charge is 2.12. The van der Waals surface area contributed by atoms with Crippen molar-refractivity contribution in [1.29, 1.82) is 0 Å². The van der Waals surface area contributed by atoms with Gasteiger partial charge in [-0.05, 0) is 17.7 Å². The van der Waals surface area contributed by atoms with E-state index in [0.717, 1.165) is 0 Å². The lowest BCUT2D eigenvalue weighted by Gasteiger charge is -2.04. The monoisotopic (exact) mass is 201 g/mol. The Morgan fingerprint density at radius 1 is 1.77 bits per heavy atom. The van der Waals surface area contributed by atoms with Crippen molar-refractivity contribution >= 4 is 17.6 Å². The third-order valence-corrected chi connectivity index (χ3v) is 1.61. The number of rotatable bonds is 3. The summed E-state index contributed by atoms with van der Waals surface area (Å²) in [6, 6.07) is 0.625. The molecule has 0 saturated heterocycles. The minimum Gasteiger partial charge on any atom is -0.480 e. The molecule has 13 heavy (non-hydrogen) atoms. The average molecular weight is 202 g/mol. The maximum Gasteiger partial charge on any atom is 0.320 e. The van der Waals surface area contributed by atoms with Gasteiger partial charge < -0.3 is 10.8 Å². The van der Waals surface area contributed by atoms with Gasteiger partial charge in [0.05, 0.1) is 0 Å². The standard InChI is InChI=1S/C7H8ClN3O2/c8-7-10-2-1-4(11-7)3-5(9)6(12)13/h1-2,5H,3,9H2,(H,12,13). The van der Waals surface area contributed by atoms with E-state index in [2.05, 4.69) is 9.97 Å². The van der Waals surface area contributed by atoms with E-state index in [1.165, 1.54) is 6.20 Å². The molecule has 0 aliphatic rings. The van der Waals surface area contributed by atoms with Crippen LogP contribution in [0.3, 0.4) is 0 Å². The molecule has 3 N–H and O–H groups in total. The van der Waals surface area contributed by atoms with E-state index in [1.54, 1.807) is 6.07 Å². The van der Waals surface area contributed by atoms with Gasteiger partial charge in [-0.3, -0.25) is 4.79 Å². The van der Waals surface area contributed by atoms with Gasteiger partial charge in [0.25, 0.3) is 0 Å². The van der Waals surface area contributed by atoms with E-state index in [-0.39, 0.29) is 11.7 Å². The van der Waals surface area contributed by atoms with E-state index in [9.17, 15) is 4.79 Å².